The Balaban J connectivity index is 2.05. The highest BCUT2D eigenvalue weighted by atomic mass is 35.5. The normalized spacial score (nSPS) is 15.2. The maximum Gasteiger partial charge on any atom is 0.341 e. The monoisotopic (exact) mass is 417 g/mol. The number of hydrogen-bond donors (Lipinski definition) is 2. The lowest BCUT2D eigenvalue weighted by Gasteiger charge is -2.28. The van der Waals surface area contributed by atoms with E-state index in [1.165, 1.54) is 12.4 Å². The summed E-state index contributed by atoms with van der Waals surface area (Å²) in [6.07, 6.45) is 2.75. The summed E-state index contributed by atoms with van der Waals surface area (Å²) in [7, 11) is 0. The standard InChI is InChI=1S/C20H17ClFN3O4/c1-3-23-19-13(21)4-10(6-24-19)15-14(22)5-11-16-18(15)29-8-9(2)25(16)7-12(17(11)26)20(27)28/h4-7,9H,3,8H2,1-2H3,(H,23,24)(H,27,28)/t9-/m0/s1. The third-order valence-electron chi connectivity index (χ3n) is 4.87. The average Bonchev–Trinajstić information content (AvgIpc) is 2.67. The van der Waals surface area contributed by atoms with Crippen molar-refractivity contribution < 1.29 is 19.0 Å². The number of carboxylic acids is 1. The smallest absolute Gasteiger partial charge is 0.341 e. The fourth-order valence-corrected chi connectivity index (χ4v) is 3.75. The lowest BCUT2D eigenvalue weighted by Crippen LogP contribution is -2.27. The molecule has 29 heavy (non-hydrogen) atoms. The molecule has 0 aliphatic carbocycles. The van der Waals surface area contributed by atoms with Crippen molar-refractivity contribution in [2.45, 2.75) is 19.9 Å². The van der Waals surface area contributed by atoms with Gasteiger partial charge >= 0.3 is 5.97 Å². The van der Waals surface area contributed by atoms with Crippen LogP contribution in [0.25, 0.3) is 22.0 Å². The molecule has 1 aromatic carbocycles. The van der Waals surface area contributed by atoms with Gasteiger partial charge in [-0.15, -0.1) is 0 Å². The zero-order valence-corrected chi connectivity index (χ0v) is 16.4. The number of aromatic carboxylic acids is 1. The van der Waals surface area contributed by atoms with E-state index in [2.05, 4.69) is 10.3 Å². The molecular formula is C20H17ClFN3O4. The third kappa shape index (κ3) is 3.00. The van der Waals surface area contributed by atoms with Crippen LogP contribution in [0.1, 0.15) is 30.2 Å². The van der Waals surface area contributed by atoms with Crippen molar-refractivity contribution in [2.24, 2.45) is 0 Å². The molecule has 1 atom stereocenters. The van der Waals surface area contributed by atoms with Crippen LogP contribution in [-0.4, -0.2) is 33.8 Å². The molecule has 4 rings (SSSR count). The number of carboxylic acid groups (broad SMARTS) is 1. The van der Waals surface area contributed by atoms with Gasteiger partial charge in [-0.05, 0) is 26.0 Å². The number of benzene rings is 1. The molecule has 0 fully saturated rings. The Labute approximate surface area is 169 Å². The van der Waals surface area contributed by atoms with Crippen LogP contribution in [0.15, 0.2) is 29.3 Å². The van der Waals surface area contributed by atoms with Gasteiger partial charge in [-0.25, -0.2) is 14.2 Å². The van der Waals surface area contributed by atoms with Crippen LogP contribution in [0.2, 0.25) is 5.02 Å². The Morgan fingerprint density at radius 3 is 2.90 bits per heavy atom. The van der Waals surface area contributed by atoms with Crippen LogP contribution in [0.5, 0.6) is 5.75 Å². The Morgan fingerprint density at radius 2 is 2.24 bits per heavy atom. The molecule has 0 amide bonds. The summed E-state index contributed by atoms with van der Waals surface area (Å²) in [4.78, 5) is 28.3. The SMILES string of the molecule is CCNc1ncc(-c2c(F)cc3c(=O)c(C(=O)O)cn4c3c2OC[C@@H]4C)cc1Cl. The highest BCUT2D eigenvalue weighted by Crippen LogP contribution is 2.42. The Morgan fingerprint density at radius 1 is 1.48 bits per heavy atom. The van der Waals surface area contributed by atoms with Gasteiger partial charge in [-0.3, -0.25) is 4.79 Å². The fraction of sp³-hybridized carbons (Fsp3) is 0.250. The molecule has 1 aliphatic rings. The summed E-state index contributed by atoms with van der Waals surface area (Å²) in [5, 5.41) is 12.6. The van der Waals surface area contributed by atoms with Gasteiger partial charge in [0.2, 0.25) is 5.43 Å². The van der Waals surface area contributed by atoms with Crippen molar-refractivity contribution >= 4 is 34.3 Å². The molecule has 0 saturated carbocycles. The summed E-state index contributed by atoms with van der Waals surface area (Å²) in [5.74, 6) is -1.44. The van der Waals surface area contributed by atoms with Gasteiger partial charge in [0.25, 0.3) is 0 Å². The van der Waals surface area contributed by atoms with Crippen molar-refractivity contribution in [2.75, 3.05) is 18.5 Å². The molecule has 0 radical (unpaired) electrons. The number of aromatic nitrogens is 2. The number of halogens is 2. The van der Waals surface area contributed by atoms with Crippen LogP contribution in [-0.2, 0) is 0 Å². The molecule has 0 spiro atoms. The molecule has 3 aromatic rings. The number of carbonyl (C=O) groups is 1. The Hall–Kier alpha value is -3.13. The van der Waals surface area contributed by atoms with Crippen LogP contribution in [0.3, 0.4) is 0 Å². The van der Waals surface area contributed by atoms with E-state index < -0.39 is 22.8 Å². The van der Waals surface area contributed by atoms with Crippen LogP contribution in [0.4, 0.5) is 10.2 Å². The van der Waals surface area contributed by atoms with E-state index >= 15 is 4.39 Å². The maximum absolute atomic E-state index is 15.1. The summed E-state index contributed by atoms with van der Waals surface area (Å²) in [6, 6.07) is 2.38. The van der Waals surface area contributed by atoms with Crippen molar-refractivity contribution in [1.82, 2.24) is 9.55 Å². The van der Waals surface area contributed by atoms with E-state index in [9.17, 15) is 14.7 Å². The summed E-state index contributed by atoms with van der Waals surface area (Å²) < 4.78 is 22.6. The van der Waals surface area contributed by atoms with Crippen molar-refractivity contribution in [1.29, 1.82) is 0 Å². The molecule has 0 unspecified atom stereocenters. The molecule has 9 heteroatoms. The first-order valence-corrected chi connectivity index (χ1v) is 9.38. The number of rotatable bonds is 4. The highest BCUT2D eigenvalue weighted by molar-refractivity contribution is 6.33. The minimum Gasteiger partial charge on any atom is -0.488 e. The van der Waals surface area contributed by atoms with Crippen molar-refractivity contribution in [3.05, 3.63) is 51.2 Å². The molecule has 3 heterocycles. The Kier molecular flexibility index (Phi) is 4.66. The molecule has 2 N–H and O–H groups in total. The van der Waals surface area contributed by atoms with Gasteiger partial charge in [-0.2, -0.15) is 0 Å². The average molecular weight is 418 g/mol. The molecule has 2 aromatic heterocycles. The first kappa shape index (κ1) is 19.2. The largest absolute Gasteiger partial charge is 0.488 e. The van der Waals surface area contributed by atoms with Gasteiger partial charge in [0.1, 0.15) is 23.8 Å². The second-order valence-electron chi connectivity index (χ2n) is 6.79. The number of hydrogen-bond acceptors (Lipinski definition) is 5. The lowest BCUT2D eigenvalue weighted by atomic mass is 9.99. The zero-order chi connectivity index (χ0) is 20.9. The minimum absolute atomic E-state index is 0.0453. The summed E-state index contributed by atoms with van der Waals surface area (Å²) in [5.41, 5.74) is -0.308. The number of nitrogens with one attached hydrogen (secondary N) is 1. The van der Waals surface area contributed by atoms with E-state index in [1.54, 1.807) is 10.6 Å². The van der Waals surface area contributed by atoms with Crippen molar-refractivity contribution in [3.63, 3.8) is 0 Å². The third-order valence-corrected chi connectivity index (χ3v) is 5.16. The van der Waals surface area contributed by atoms with E-state index in [0.29, 0.717) is 28.5 Å². The van der Waals surface area contributed by atoms with Gasteiger partial charge in [0.05, 0.1) is 27.5 Å². The second-order valence-corrected chi connectivity index (χ2v) is 7.19. The molecule has 7 nitrogen and oxygen atoms in total. The topological polar surface area (TPSA) is 93.5 Å². The number of ether oxygens (including phenoxy) is 1. The summed E-state index contributed by atoms with van der Waals surface area (Å²) in [6.45, 7) is 4.54. The van der Waals surface area contributed by atoms with Gasteiger partial charge in [0, 0.05) is 24.5 Å². The molecule has 150 valence electrons. The lowest BCUT2D eigenvalue weighted by molar-refractivity contribution is 0.0694. The van der Waals surface area contributed by atoms with Gasteiger partial charge < -0.3 is 19.7 Å². The predicted molar refractivity (Wildman–Crippen MR) is 108 cm³/mol. The first-order valence-electron chi connectivity index (χ1n) is 9.00. The molecular weight excluding hydrogens is 401 g/mol. The quantitative estimate of drug-likeness (QED) is 0.667. The van der Waals surface area contributed by atoms with E-state index in [4.69, 9.17) is 16.3 Å². The molecule has 1 aliphatic heterocycles. The summed E-state index contributed by atoms with van der Waals surface area (Å²) >= 11 is 6.26. The minimum atomic E-state index is -1.36. The number of anilines is 1. The Bertz CT molecular complexity index is 1220. The maximum atomic E-state index is 15.1. The van der Waals surface area contributed by atoms with Crippen molar-refractivity contribution in [3.8, 4) is 16.9 Å². The highest BCUT2D eigenvalue weighted by Gasteiger charge is 2.28. The second kappa shape index (κ2) is 7.04. The zero-order valence-electron chi connectivity index (χ0n) is 15.6. The predicted octanol–water partition coefficient (Wildman–Crippen LogP) is 3.94. The number of nitrogens with zero attached hydrogens (tertiary/aromatic N) is 2. The van der Waals surface area contributed by atoms with E-state index in [-0.39, 0.29) is 29.3 Å². The first-order chi connectivity index (χ1) is 13.8. The van der Waals surface area contributed by atoms with Gasteiger partial charge in [-0.1, -0.05) is 11.6 Å². The molecule has 0 bridgehead atoms. The van der Waals surface area contributed by atoms with Crippen LogP contribution >= 0.6 is 11.6 Å². The fourth-order valence-electron chi connectivity index (χ4n) is 3.52. The van der Waals surface area contributed by atoms with Crippen LogP contribution < -0.4 is 15.5 Å². The van der Waals surface area contributed by atoms with E-state index in [0.717, 1.165) is 6.07 Å². The van der Waals surface area contributed by atoms with Crippen LogP contribution in [0, 0.1) is 5.82 Å². The van der Waals surface area contributed by atoms with E-state index in [1.807, 2.05) is 13.8 Å². The van der Waals surface area contributed by atoms with Gasteiger partial charge in [0.15, 0.2) is 5.75 Å². The molecule has 0 saturated heterocycles. The number of pyridine rings is 2.